The topological polar surface area (TPSA) is 195 Å². The number of aromatic nitrogens is 3. The van der Waals surface area contributed by atoms with Gasteiger partial charge >= 0.3 is 11.7 Å². The number of aliphatic hydroxyl groups is 2. The van der Waals surface area contributed by atoms with Gasteiger partial charge in [-0.3, -0.25) is 14.9 Å². The van der Waals surface area contributed by atoms with E-state index in [0.717, 1.165) is 57.8 Å². The lowest BCUT2D eigenvalue weighted by Crippen LogP contribution is -2.58. The van der Waals surface area contributed by atoms with Crippen LogP contribution >= 0.6 is 0 Å². The fraction of sp³-hybridized carbons (Fsp3) is 0.692. The van der Waals surface area contributed by atoms with Crippen LogP contribution in [0.2, 0.25) is 0 Å². The number of nitrogens with zero attached hydrogens (tertiary/aromatic N) is 4. The zero-order valence-electron chi connectivity index (χ0n) is 31.3. The third-order valence-corrected chi connectivity index (χ3v) is 14.3. The average molecular weight is 735 g/mol. The summed E-state index contributed by atoms with van der Waals surface area (Å²) in [6.45, 7) is 8.09. The number of ether oxygens (including phenoxy) is 1. The van der Waals surface area contributed by atoms with Crippen LogP contribution in [0.3, 0.4) is 0 Å². The van der Waals surface area contributed by atoms with Crippen molar-refractivity contribution in [3.63, 3.8) is 0 Å². The van der Waals surface area contributed by atoms with Crippen molar-refractivity contribution in [2.75, 3.05) is 24.3 Å². The number of methoxy groups -OCH3 is 1. The maximum Gasteiger partial charge on any atom is 0.354 e. The van der Waals surface area contributed by atoms with Crippen molar-refractivity contribution < 1.29 is 34.1 Å². The molecule has 4 N–H and O–H groups in total. The smallest absolute Gasteiger partial charge is 0.354 e. The van der Waals surface area contributed by atoms with Crippen molar-refractivity contribution in [1.29, 1.82) is 0 Å². The molecule has 10 atom stereocenters. The van der Waals surface area contributed by atoms with Crippen LogP contribution in [-0.4, -0.2) is 67.8 Å². The number of hydrogen-bond donors (Lipinski definition) is 4. The first kappa shape index (κ1) is 37.3. The summed E-state index contributed by atoms with van der Waals surface area (Å²) in [7, 11) is 1.32. The van der Waals surface area contributed by atoms with Gasteiger partial charge in [-0.2, -0.15) is 0 Å². The van der Waals surface area contributed by atoms with E-state index in [4.69, 9.17) is 9.37 Å². The quantitative estimate of drug-likeness (QED) is 0.0681. The molecule has 3 aromatic rings. The second kappa shape index (κ2) is 14.7. The Labute approximate surface area is 309 Å². The first-order valence-electron chi connectivity index (χ1n) is 19.4. The van der Waals surface area contributed by atoms with E-state index in [0.29, 0.717) is 78.5 Å². The molecule has 4 aliphatic rings. The van der Waals surface area contributed by atoms with Crippen LogP contribution in [0.15, 0.2) is 29.0 Å². The Morgan fingerprint density at radius 1 is 1.09 bits per heavy atom. The number of carbonyl (C=O) groups excluding carboxylic acids is 2. The number of anilines is 2. The largest absolute Gasteiger partial charge is 0.464 e. The van der Waals surface area contributed by atoms with E-state index in [1.807, 2.05) is 0 Å². The number of nitrogens with one attached hydrogen (secondary N) is 2. The highest BCUT2D eigenvalue weighted by Gasteiger charge is 2.62. The number of esters is 1. The average Bonchev–Trinajstić information content (AvgIpc) is 3.86. The zero-order valence-corrected chi connectivity index (χ0v) is 31.3. The lowest BCUT2D eigenvalue weighted by molar-refractivity contribution is -0.383. The van der Waals surface area contributed by atoms with E-state index in [2.05, 4.69) is 41.7 Å². The van der Waals surface area contributed by atoms with E-state index in [1.54, 1.807) is 22.9 Å². The lowest BCUT2D eigenvalue weighted by atomic mass is 9.43. The standard InChI is InChI=1S/C39H54N6O8/c1-22(26-7-8-27-34-28(13-15-39(26,27)3)38(2)14-12-25(46)18-23(38)19-32(34)47)6-11-33(48)41-24-20-31(37(49)52-4)44(21-24)17-5-16-40-29-9-10-30(45(50)51)36-35(29)42-53-43-36/h9-10,20-23,25-28,32,34,40,46-47H,5-8,11-19H2,1-4H3,(H,41,48)/t22-,23?,25-,26-,27?,28?,32+,34?,38+,39-/m1/s1. The van der Waals surface area contributed by atoms with E-state index in [1.165, 1.54) is 13.2 Å². The molecule has 4 aliphatic carbocycles. The summed E-state index contributed by atoms with van der Waals surface area (Å²) in [6, 6.07) is 4.54. The molecule has 0 radical (unpaired) electrons. The predicted molar refractivity (Wildman–Crippen MR) is 197 cm³/mol. The zero-order chi connectivity index (χ0) is 37.7. The van der Waals surface area contributed by atoms with Gasteiger partial charge in [-0.15, -0.1) is 0 Å². The third kappa shape index (κ3) is 6.81. The number of aryl methyl sites for hydroxylation is 1. The molecule has 4 saturated carbocycles. The SMILES string of the molecule is COC(=O)c1cc(NC(=O)CC[C@@H](C)[C@H]2CCC3C4C(CC[C@@]32C)[C@@]2(C)CC[C@@H](O)CC2C[C@@H]4O)cn1CCCNc1ccc([N+](=O)[O-])c2nonc12. The number of rotatable bonds is 12. The number of aliphatic hydroxyl groups excluding tert-OH is 2. The fourth-order valence-corrected chi connectivity index (χ4v) is 11.6. The van der Waals surface area contributed by atoms with Gasteiger partial charge in [0, 0.05) is 31.8 Å². The van der Waals surface area contributed by atoms with Crippen LogP contribution in [0, 0.1) is 56.5 Å². The second-order valence-corrected chi connectivity index (χ2v) is 16.9. The van der Waals surface area contributed by atoms with Crippen LogP contribution in [-0.2, 0) is 16.1 Å². The Morgan fingerprint density at radius 2 is 1.85 bits per heavy atom. The number of nitro groups is 1. The van der Waals surface area contributed by atoms with Gasteiger partial charge in [0.15, 0.2) is 5.52 Å². The molecule has 4 unspecified atom stereocenters. The lowest BCUT2D eigenvalue weighted by Gasteiger charge is -2.62. The summed E-state index contributed by atoms with van der Waals surface area (Å²) in [5, 5.41) is 47.0. The number of amides is 1. The normalized spacial score (nSPS) is 32.7. The summed E-state index contributed by atoms with van der Waals surface area (Å²) in [4.78, 5) is 36.7. The minimum absolute atomic E-state index is 0.0654. The Bertz CT molecular complexity index is 1840. The van der Waals surface area contributed by atoms with Gasteiger partial charge in [-0.25, -0.2) is 9.42 Å². The number of nitro benzene ring substituents is 1. The van der Waals surface area contributed by atoms with E-state index in [-0.39, 0.29) is 45.7 Å². The van der Waals surface area contributed by atoms with Crippen LogP contribution in [0.25, 0.3) is 11.0 Å². The van der Waals surface area contributed by atoms with Gasteiger partial charge in [0.25, 0.3) is 0 Å². The van der Waals surface area contributed by atoms with Gasteiger partial charge in [0.1, 0.15) is 5.69 Å². The molecule has 0 aliphatic heterocycles. The Balaban J connectivity index is 0.934. The van der Waals surface area contributed by atoms with Gasteiger partial charge < -0.3 is 30.2 Å². The summed E-state index contributed by atoms with van der Waals surface area (Å²) in [5.41, 5.74) is 1.89. The second-order valence-electron chi connectivity index (χ2n) is 16.9. The van der Waals surface area contributed by atoms with Crippen molar-refractivity contribution in [3.8, 4) is 0 Å². The molecule has 14 nitrogen and oxygen atoms in total. The van der Waals surface area contributed by atoms with Crippen LogP contribution in [0.4, 0.5) is 17.1 Å². The monoisotopic (exact) mass is 734 g/mol. The first-order valence-corrected chi connectivity index (χ1v) is 19.4. The first-order chi connectivity index (χ1) is 25.3. The summed E-state index contributed by atoms with van der Waals surface area (Å²) in [6.07, 6.45) is 11.1. The molecule has 0 spiro atoms. The number of fused-ring (bicyclic) bond motifs is 6. The van der Waals surface area contributed by atoms with E-state index >= 15 is 0 Å². The Hall–Kier alpha value is -4.04. The minimum atomic E-state index is -0.537. The molecule has 2 heterocycles. The molecule has 0 saturated heterocycles. The number of carbonyl (C=O) groups is 2. The highest BCUT2D eigenvalue weighted by molar-refractivity contribution is 5.94. The number of non-ortho nitro benzene ring substituents is 1. The molecule has 1 amide bonds. The number of hydrogen-bond acceptors (Lipinski definition) is 11. The molecule has 288 valence electrons. The van der Waals surface area contributed by atoms with Crippen LogP contribution in [0.5, 0.6) is 0 Å². The van der Waals surface area contributed by atoms with Gasteiger partial charge in [-0.1, -0.05) is 20.8 Å². The molecule has 0 bridgehead atoms. The number of benzene rings is 1. The maximum absolute atomic E-state index is 13.3. The molecule has 53 heavy (non-hydrogen) atoms. The molecule has 7 rings (SSSR count). The fourth-order valence-electron chi connectivity index (χ4n) is 11.6. The van der Waals surface area contributed by atoms with E-state index < -0.39 is 10.9 Å². The van der Waals surface area contributed by atoms with E-state index in [9.17, 15) is 29.9 Å². The summed E-state index contributed by atoms with van der Waals surface area (Å²) >= 11 is 0. The summed E-state index contributed by atoms with van der Waals surface area (Å²) < 4.78 is 11.5. The molecule has 1 aromatic carbocycles. The molecule has 14 heteroatoms. The van der Waals surface area contributed by atoms with Crippen molar-refractivity contribution in [2.24, 2.45) is 46.3 Å². The third-order valence-electron chi connectivity index (χ3n) is 14.3. The molecular weight excluding hydrogens is 680 g/mol. The Morgan fingerprint density at radius 3 is 2.62 bits per heavy atom. The maximum atomic E-state index is 13.3. The molecule has 4 fully saturated rings. The van der Waals surface area contributed by atoms with Crippen molar-refractivity contribution in [2.45, 2.75) is 110 Å². The summed E-state index contributed by atoms with van der Waals surface area (Å²) in [5.74, 6) is 1.97. The highest BCUT2D eigenvalue weighted by Crippen LogP contribution is 2.68. The van der Waals surface area contributed by atoms with Crippen molar-refractivity contribution >= 4 is 40.0 Å². The van der Waals surface area contributed by atoms with Gasteiger partial charge in [0.05, 0.1) is 35.6 Å². The van der Waals surface area contributed by atoms with Crippen LogP contribution < -0.4 is 10.6 Å². The predicted octanol–water partition coefficient (Wildman–Crippen LogP) is 6.57. The Kier molecular flexibility index (Phi) is 10.3. The van der Waals surface area contributed by atoms with Crippen molar-refractivity contribution in [1.82, 2.24) is 14.9 Å². The van der Waals surface area contributed by atoms with Gasteiger partial charge in [0.2, 0.25) is 11.4 Å². The van der Waals surface area contributed by atoms with Crippen LogP contribution in [0.1, 0.15) is 102 Å². The minimum Gasteiger partial charge on any atom is -0.464 e. The van der Waals surface area contributed by atoms with Gasteiger partial charge in [-0.05, 0) is 133 Å². The molecular formula is C39H54N6O8. The van der Waals surface area contributed by atoms with Crippen molar-refractivity contribution in [3.05, 3.63) is 40.2 Å². The molecule has 2 aromatic heterocycles. The highest BCUT2D eigenvalue weighted by atomic mass is 16.6.